The standard InChI is InChI=1S/C30H31NO4/c1-21(23-6-3-2-4-7-23)19-31(20-25-9-5-8-24-13-15-34-30(24)25)14-12-27-18-26-16-22(17-29(32)33)10-11-28(26)35-27/h2-11,16,18,21H,12-15,17,19-20H2,1H3,(H,32,33)/t21-/m0/s1. The van der Waals surface area contributed by atoms with Gasteiger partial charge in [-0.15, -0.1) is 0 Å². The van der Waals surface area contributed by atoms with Crippen LogP contribution in [0.2, 0.25) is 0 Å². The first-order chi connectivity index (χ1) is 17.0. The molecule has 5 nitrogen and oxygen atoms in total. The predicted octanol–water partition coefficient (Wildman–Crippen LogP) is 5.84. The normalized spacial score (nSPS) is 13.7. The molecule has 0 fully saturated rings. The summed E-state index contributed by atoms with van der Waals surface area (Å²) in [5.41, 5.74) is 5.46. The lowest BCUT2D eigenvalue weighted by Gasteiger charge is -2.26. The number of carboxylic acids is 1. The van der Waals surface area contributed by atoms with Crippen LogP contribution in [0, 0.1) is 0 Å². The van der Waals surface area contributed by atoms with E-state index in [1.807, 2.05) is 24.3 Å². The van der Waals surface area contributed by atoms with Crippen molar-refractivity contribution in [2.45, 2.75) is 38.6 Å². The van der Waals surface area contributed by atoms with E-state index >= 15 is 0 Å². The number of carbonyl (C=O) groups is 1. The maximum Gasteiger partial charge on any atom is 0.307 e. The summed E-state index contributed by atoms with van der Waals surface area (Å²) in [4.78, 5) is 13.5. The molecule has 0 amide bonds. The van der Waals surface area contributed by atoms with E-state index in [1.165, 1.54) is 16.7 Å². The first-order valence-corrected chi connectivity index (χ1v) is 12.3. The number of carboxylic acid groups (broad SMARTS) is 1. The molecular weight excluding hydrogens is 438 g/mol. The monoisotopic (exact) mass is 469 g/mol. The number of ether oxygens (including phenoxy) is 1. The van der Waals surface area contributed by atoms with Crippen molar-refractivity contribution in [3.8, 4) is 5.75 Å². The molecule has 0 radical (unpaired) electrons. The lowest BCUT2D eigenvalue weighted by atomic mass is 10.00. The van der Waals surface area contributed by atoms with Crippen molar-refractivity contribution in [1.82, 2.24) is 4.90 Å². The van der Waals surface area contributed by atoms with Gasteiger partial charge in [-0.3, -0.25) is 9.69 Å². The Bertz CT molecular complexity index is 1310. The number of fused-ring (bicyclic) bond motifs is 2. The highest BCUT2D eigenvalue weighted by Crippen LogP contribution is 2.31. The maximum absolute atomic E-state index is 11.1. The molecule has 5 heteroatoms. The van der Waals surface area contributed by atoms with Gasteiger partial charge in [-0.1, -0.05) is 61.5 Å². The minimum Gasteiger partial charge on any atom is -0.493 e. The average molecular weight is 470 g/mol. The highest BCUT2D eigenvalue weighted by Gasteiger charge is 2.20. The number of rotatable bonds is 10. The zero-order valence-corrected chi connectivity index (χ0v) is 20.1. The second-order valence-corrected chi connectivity index (χ2v) is 9.46. The molecule has 180 valence electrons. The smallest absolute Gasteiger partial charge is 0.307 e. The summed E-state index contributed by atoms with van der Waals surface area (Å²) in [6.07, 6.45) is 1.78. The topological polar surface area (TPSA) is 62.9 Å². The number of hydrogen-bond acceptors (Lipinski definition) is 4. The number of benzene rings is 3. The fourth-order valence-electron chi connectivity index (χ4n) is 4.98. The van der Waals surface area contributed by atoms with Crippen LogP contribution in [0.5, 0.6) is 5.75 Å². The molecule has 5 rings (SSSR count). The molecule has 1 N–H and O–H groups in total. The zero-order valence-electron chi connectivity index (χ0n) is 20.1. The fraction of sp³-hybridized carbons (Fsp3) is 0.300. The Morgan fingerprint density at radius 1 is 1.06 bits per heavy atom. The number of para-hydroxylation sites is 1. The Hall–Kier alpha value is -3.57. The van der Waals surface area contributed by atoms with Gasteiger partial charge in [0.05, 0.1) is 13.0 Å². The molecule has 1 aliphatic heterocycles. The fourth-order valence-corrected chi connectivity index (χ4v) is 4.98. The maximum atomic E-state index is 11.1. The van der Waals surface area contributed by atoms with Gasteiger partial charge in [0.1, 0.15) is 17.1 Å². The Labute approximate surface area is 205 Å². The van der Waals surface area contributed by atoms with Crippen LogP contribution < -0.4 is 4.74 Å². The largest absolute Gasteiger partial charge is 0.493 e. The van der Waals surface area contributed by atoms with Crippen molar-refractivity contribution in [1.29, 1.82) is 0 Å². The van der Waals surface area contributed by atoms with Gasteiger partial charge in [0.25, 0.3) is 0 Å². The van der Waals surface area contributed by atoms with Crippen molar-refractivity contribution in [2.75, 3.05) is 19.7 Å². The van der Waals surface area contributed by atoms with E-state index in [9.17, 15) is 4.79 Å². The molecule has 0 saturated carbocycles. The van der Waals surface area contributed by atoms with E-state index in [4.69, 9.17) is 14.3 Å². The second-order valence-electron chi connectivity index (χ2n) is 9.46. The summed E-state index contributed by atoms with van der Waals surface area (Å²) in [6, 6.07) is 24.8. The molecule has 1 aliphatic rings. The van der Waals surface area contributed by atoms with E-state index in [0.29, 0.717) is 5.92 Å². The van der Waals surface area contributed by atoms with Gasteiger partial charge in [0.2, 0.25) is 0 Å². The van der Waals surface area contributed by atoms with E-state index in [2.05, 4.69) is 60.4 Å². The summed E-state index contributed by atoms with van der Waals surface area (Å²) in [6.45, 7) is 5.64. The van der Waals surface area contributed by atoms with Crippen LogP contribution in [-0.4, -0.2) is 35.7 Å². The van der Waals surface area contributed by atoms with Crippen LogP contribution >= 0.6 is 0 Å². The van der Waals surface area contributed by atoms with Crippen molar-refractivity contribution < 1.29 is 19.1 Å². The van der Waals surface area contributed by atoms with E-state index in [-0.39, 0.29) is 6.42 Å². The minimum atomic E-state index is -0.826. The molecule has 0 aliphatic carbocycles. The van der Waals surface area contributed by atoms with Crippen LogP contribution in [0.4, 0.5) is 0 Å². The van der Waals surface area contributed by atoms with Gasteiger partial charge in [0, 0.05) is 43.4 Å². The van der Waals surface area contributed by atoms with E-state index in [1.54, 1.807) is 0 Å². The Morgan fingerprint density at radius 3 is 2.74 bits per heavy atom. The molecule has 1 aromatic heterocycles. The lowest BCUT2D eigenvalue weighted by molar-refractivity contribution is -0.136. The van der Waals surface area contributed by atoms with Crippen molar-refractivity contribution in [2.24, 2.45) is 0 Å². The first-order valence-electron chi connectivity index (χ1n) is 12.3. The number of nitrogens with zero attached hydrogens (tertiary/aromatic N) is 1. The molecule has 1 atom stereocenters. The molecule has 0 bridgehead atoms. The Morgan fingerprint density at radius 2 is 1.91 bits per heavy atom. The summed E-state index contributed by atoms with van der Waals surface area (Å²) in [5, 5.41) is 10.0. The number of furan rings is 1. The average Bonchev–Trinajstić information content (AvgIpc) is 3.49. The minimum absolute atomic E-state index is 0.0189. The molecular formula is C30H31NO4. The van der Waals surface area contributed by atoms with Gasteiger partial charge < -0.3 is 14.3 Å². The zero-order chi connectivity index (χ0) is 24.2. The highest BCUT2D eigenvalue weighted by molar-refractivity contribution is 5.80. The summed E-state index contributed by atoms with van der Waals surface area (Å²) in [7, 11) is 0. The molecule has 0 spiro atoms. The molecule has 0 saturated heterocycles. The first kappa shape index (κ1) is 23.2. The van der Waals surface area contributed by atoms with E-state index in [0.717, 1.165) is 67.1 Å². The van der Waals surface area contributed by atoms with Gasteiger partial charge in [0.15, 0.2) is 0 Å². The quantitative estimate of drug-likeness (QED) is 0.316. The van der Waals surface area contributed by atoms with Crippen LogP contribution in [0.3, 0.4) is 0 Å². The third kappa shape index (κ3) is 5.57. The van der Waals surface area contributed by atoms with Crippen LogP contribution in [0.25, 0.3) is 11.0 Å². The van der Waals surface area contributed by atoms with Crippen LogP contribution in [-0.2, 0) is 30.6 Å². The number of aliphatic carboxylic acids is 1. The number of hydrogen-bond donors (Lipinski definition) is 1. The van der Waals surface area contributed by atoms with E-state index < -0.39 is 5.97 Å². The molecule has 4 aromatic rings. The third-order valence-corrected chi connectivity index (χ3v) is 6.75. The molecule has 2 heterocycles. The van der Waals surface area contributed by atoms with Gasteiger partial charge in [-0.2, -0.15) is 0 Å². The lowest BCUT2D eigenvalue weighted by Crippen LogP contribution is -2.29. The highest BCUT2D eigenvalue weighted by atomic mass is 16.5. The summed E-state index contributed by atoms with van der Waals surface area (Å²) < 4.78 is 12.1. The third-order valence-electron chi connectivity index (χ3n) is 6.75. The summed E-state index contributed by atoms with van der Waals surface area (Å²) >= 11 is 0. The molecule has 3 aromatic carbocycles. The van der Waals surface area contributed by atoms with Crippen molar-refractivity contribution in [3.63, 3.8) is 0 Å². The summed E-state index contributed by atoms with van der Waals surface area (Å²) in [5.74, 6) is 1.54. The van der Waals surface area contributed by atoms with Crippen LogP contribution in [0.15, 0.2) is 77.2 Å². The van der Waals surface area contributed by atoms with Crippen LogP contribution in [0.1, 0.15) is 40.9 Å². The molecule has 35 heavy (non-hydrogen) atoms. The van der Waals surface area contributed by atoms with Gasteiger partial charge >= 0.3 is 5.97 Å². The Balaban J connectivity index is 1.33. The van der Waals surface area contributed by atoms with Crippen molar-refractivity contribution in [3.05, 3.63) is 101 Å². The van der Waals surface area contributed by atoms with Gasteiger partial charge in [-0.25, -0.2) is 0 Å². The second kappa shape index (κ2) is 10.4. The van der Waals surface area contributed by atoms with Crippen molar-refractivity contribution >= 4 is 16.9 Å². The molecule has 0 unspecified atom stereocenters. The SMILES string of the molecule is C[C@@H](CN(CCc1cc2cc(CC(=O)O)ccc2o1)Cc1cccc2c1OCC2)c1ccccc1. The predicted molar refractivity (Wildman–Crippen MR) is 137 cm³/mol. The van der Waals surface area contributed by atoms with Gasteiger partial charge in [-0.05, 0) is 40.8 Å². The Kier molecular flexibility index (Phi) is 6.87.